The smallest absolute Gasteiger partial charge is 0.240 e. The van der Waals surface area contributed by atoms with Gasteiger partial charge in [-0.1, -0.05) is 0 Å². The number of hydrogen-bond acceptors (Lipinski definition) is 5. The number of carbonyl (C=O) groups is 3. The van der Waals surface area contributed by atoms with Crippen LogP contribution < -0.4 is 5.32 Å². The van der Waals surface area contributed by atoms with Gasteiger partial charge in [0.2, 0.25) is 17.7 Å². The van der Waals surface area contributed by atoms with E-state index in [2.05, 4.69) is 10.4 Å². The van der Waals surface area contributed by atoms with E-state index >= 15 is 0 Å². The summed E-state index contributed by atoms with van der Waals surface area (Å²) in [5.74, 6) is -0.842. The highest BCUT2D eigenvalue weighted by molar-refractivity contribution is 6.06. The van der Waals surface area contributed by atoms with E-state index in [0.29, 0.717) is 12.2 Å². The maximum atomic E-state index is 12.4. The summed E-state index contributed by atoms with van der Waals surface area (Å²) in [7, 11) is 1.79. The van der Waals surface area contributed by atoms with Gasteiger partial charge in [-0.2, -0.15) is 5.10 Å². The van der Waals surface area contributed by atoms with E-state index in [1.807, 2.05) is 6.20 Å². The summed E-state index contributed by atoms with van der Waals surface area (Å²) in [6.07, 6.45) is 5.58. The number of aryl methyl sites for hydroxylation is 1. The quantitative estimate of drug-likeness (QED) is 0.766. The first-order chi connectivity index (χ1) is 11.5. The number of rotatable bonds is 6. The van der Waals surface area contributed by atoms with Crippen molar-refractivity contribution in [3.8, 4) is 0 Å². The zero-order valence-corrected chi connectivity index (χ0v) is 13.3. The van der Waals surface area contributed by atoms with Crippen LogP contribution in [-0.4, -0.2) is 38.9 Å². The van der Waals surface area contributed by atoms with Gasteiger partial charge in [0, 0.05) is 19.7 Å². The molecule has 8 nitrogen and oxygen atoms in total. The van der Waals surface area contributed by atoms with E-state index in [4.69, 9.17) is 4.42 Å². The van der Waals surface area contributed by atoms with Gasteiger partial charge in [0.25, 0.3) is 0 Å². The van der Waals surface area contributed by atoms with Gasteiger partial charge < -0.3 is 9.73 Å². The molecule has 1 atom stereocenters. The first kappa shape index (κ1) is 16.0. The molecular weight excluding hydrogens is 312 g/mol. The van der Waals surface area contributed by atoms with Gasteiger partial charge in [-0.25, -0.2) is 0 Å². The van der Waals surface area contributed by atoms with Crippen LogP contribution in [-0.2, 0) is 34.4 Å². The normalized spacial score (nSPS) is 17.5. The lowest BCUT2D eigenvalue weighted by Crippen LogP contribution is -2.40. The monoisotopic (exact) mass is 330 g/mol. The molecule has 1 saturated heterocycles. The van der Waals surface area contributed by atoms with Crippen LogP contribution in [0.15, 0.2) is 35.2 Å². The van der Waals surface area contributed by atoms with Crippen LogP contribution in [0, 0.1) is 5.92 Å². The summed E-state index contributed by atoms with van der Waals surface area (Å²) in [5.41, 5.74) is 0.896. The van der Waals surface area contributed by atoms with Gasteiger partial charge in [0.05, 0.1) is 24.9 Å². The fourth-order valence-electron chi connectivity index (χ4n) is 2.74. The minimum atomic E-state index is -0.431. The largest absolute Gasteiger partial charge is 0.467 e. The second-order valence-corrected chi connectivity index (χ2v) is 5.80. The van der Waals surface area contributed by atoms with Crippen molar-refractivity contribution in [1.29, 1.82) is 0 Å². The van der Waals surface area contributed by atoms with Crippen molar-refractivity contribution in [3.05, 3.63) is 42.1 Å². The maximum absolute atomic E-state index is 12.4. The lowest BCUT2D eigenvalue weighted by Gasteiger charge is -2.14. The second kappa shape index (κ2) is 6.69. The molecule has 3 heterocycles. The van der Waals surface area contributed by atoms with Crippen LogP contribution in [0.2, 0.25) is 0 Å². The Morgan fingerprint density at radius 2 is 2.29 bits per heavy atom. The number of aromatic nitrogens is 2. The summed E-state index contributed by atoms with van der Waals surface area (Å²) in [6, 6.07) is 3.45. The molecule has 2 aromatic rings. The molecule has 1 aliphatic heterocycles. The van der Waals surface area contributed by atoms with Crippen molar-refractivity contribution in [2.24, 2.45) is 13.0 Å². The van der Waals surface area contributed by atoms with E-state index in [-0.39, 0.29) is 31.3 Å². The molecule has 3 rings (SSSR count). The van der Waals surface area contributed by atoms with E-state index in [1.165, 1.54) is 6.26 Å². The zero-order chi connectivity index (χ0) is 17.1. The Bertz CT molecular complexity index is 750. The molecule has 0 unspecified atom stereocenters. The Labute approximate surface area is 138 Å². The van der Waals surface area contributed by atoms with Crippen molar-refractivity contribution in [1.82, 2.24) is 20.0 Å². The lowest BCUT2D eigenvalue weighted by atomic mass is 10.0. The molecule has 0 saturated carbocycles. The Kier molecular flexibility index (Phi) is 4.45. The third-order valence-electron chi connectivity index (χ3n) is 3.92. The number of hydrogen-bond donors (Lipinski definition) is 1. The van der Waals surface area contributed by atoms with Crippen molar-refractivity contribution in [2.45, 2.75) is 19.4 Å². The van der Waals surface area contributed by atoms with Crippen molar-refractivity contribution in [3.63, 3.8) is 0 Å². The molecule has 0 bridgehead atoms. The highest BCUT2D eigenvalue weighted by Crippen LogP contribution is 2.23. The van der Waals surface area contributed by atoms with Crippen LogP contribution in [0.1, 0.15) is 17.7 Å². The van der Waals surface area contributed by atoms with Crippen molar-refractivity contribution < 1.29 is 18.8 Å². The molecule has 1 aliphatic rings. The predicted octanol–water partition coefficient (Wildman–Crippen LogP) is 0.247. The van der Waals surface area contributed by atoms with Crippen molar-refractivity contribution >= 4 is 17.7 Å². The SMILES string of the molecule is Cn1cc(C[C@@H]2CC(=O)N(CC(=O)NCc3ccco3)C2=O)cn1. The Morgan fingerprint density at radius 3 is 2.96 bits per heavy atom. The van der Waals surface area contributed by atoms with E-state index in [0.717, 1.165) is 10.5 Å². The van der Waals surface area contributed by atoms with Crippen molar-refractivity contribution in [2.75, 3.05) is 6.54 Å². The molecule has 1 fully saturated rings. The van der Waals surface area contributed by atoms with E-state index in [9.17, 15) is 14.4 Å². The van der Waals surface area contributed by atoms with Gasteiger partial charge in [0.15, 0.2) is 0 Å². The minimum absolute atomic E-state index is 0.124. The Morgan fingerprint density at radius 1 is 1.46 bits per heavy atom. The van der Waals surface area contributed by atoms with Crippen LogP contribution in [0.4, 0.5) is 0 Å². The average molecular weight is 330 g/mol. The highest BCUT2D eigenvalue weighted by atomic mass is 16.3. The zero-order valence-electron chi connectivity index (χ0n) is 13.3. The summed E-state index contributed by atoms with van der Waals surface area (Å²) in [6.45, 7) is -0.0386. The summed E-state index contributed by atoms with van der Waals surface area (Å²) in [5, 5.41) is 6.68. The molecule has 0 radical (unpaired) electrons. The lowest BCUT2D eigenvalue weighted by molar-refractivity contribution is -0.143. The Balaban J connectivity index is 1.54. The standard InChI is InChI=1S/C16H18N4O4/c1-19-9-11(7-18-19)5-12-6-15(22)20(16(12)23)10-14(21)17-8-13-3-2-4-24-13/h2-4,7,9,12H,5-6,8,10H2,1H3,(H,17,21)/t12-/m1/s1. The first-order valence-corrected chi connectivity index (χ1v) is 7.63. The third-order valence-corrected chi connectivity index (χ3v) is 3.92. The van der Waals surface area contributed by atoms with E-state index in [1.54, 1.807) is 30.1 Å². The number of imide groups is 1. The minimum Gasteiger partial charge on any atom is -0.467 e. The molecule has 2 aromatic heterocycles. The number of nitrogens with one attached hydrogen (secondary N) is 1. The molecular formula is C16H18N4O4. The Hall–Kier alpha value is -2.90. The van der Waals surface area contributed by atoms with Crippen LogP contribution in [0.25, 0.3) is 0 Å². The van der Waals surface area contributed by atoms with Gasteiger partial charge in [0.1, 0.15) is 12.3 Å². The number of nitrogens with zero attached hydrogens (tertiary/aromatic N) is 3. The molecule has 0 aromatic carbocycles. The molecule has 0 aliphatic carbocycles. The van der Waals surface area contributed by atoms with Gasteiger partial charge in [-0.3, -0.25) is 24.0 Å². The molecule has 1 N–H and O–H groups in total. The third kappa shape index (κ3) is 3.53. The number of amides is 3. The number of furan rings is 1. The van der Waals surface area contributed by atoms with Crippen LogP contribution in [0.3, 0.4) is 0 Å². The van der Waals surface area contributed by atoms with E-state index < -0.39 is 11.8 Å². The predicted molar refractivity (Wildman–Crippen MR) is 82.3 cm³/mol. The molecule has 0 spiro atoms. The molecule has 8 heteroatoms. The maximum Gasteiger partial charge on any atom is 0.240 e. The first-order valence-electron chi connectivity index (χ1n) is 7.63. The molecule has 3 amide bonds. The summed E-state index contributed by atoms with van der Waals surface area (Å²) < 4.78 is 6.76. The average Bonchev–Trinajstić information content (AvgIpc) is 3.25. The number of likely N-dealkylation sites (tertiary alicyclic amines) is 1. The summed E-state index contributed by atoms with van der Waals surface area (Å²) in [4.78, 5) is 37.4. The van der Waals surface area contributed by atoms with Crippen LogP contribution >= 0.6 is 0 Å². The summed E-state index contributed by atoms with van der Waals surface area (Å²) >= 11 is 0. The molecule has 126 valence electrons. The van der Waals surface area contributed by atoms with Gasteiger partial charge in [-0.15, -0.1) is 0 Å². The van der Waals surface area contributed by atoms with Gasteiger partial charge >= 0.3 is 0 Å². The number of carbonyl (C=O) groups excluding carboxylic acids is 3. The topological polar surface area (TPSA) is 97.4 Å². The van der Waals surface area contributed by atoms with Gasteiger partial charge in [-0.05, 0) is 24.1 Å². The fraction of sp³-hybridized carbons (Fsp3) is 0.375. The second-order valence-electron chi connectivity index (χ2n) is 5.80. The van der Waals surface area contributed by atoms with Crippen LogP contribution in [0.5, 0.6) is 0 Å². The molecule has 24 heavy (non-hydrogen) atoms. The highest BCUT2D eigenvalue weighted by Gasteiger charge is 2.39. The fourth-order valence-corrected chi connectivity index (χ4v) is 2.74.